The summed E-state index contributed by atoms with van der Waals surface area (Å²) < 4.78 is 38.6. The van der Waals surface area contributed by atoms with Crippen molar-refractivity contribution in [2.24, 2.45) is 0 Å². The molecule has 3 rings (SSSR count). The summed E-state index contributed by atoms with van der Waals surface area (Å²) in [5.74, 6) is 0. The summed E-state index contributed by atoms with van der Waals surface area (Å²) in [7, 11) is 0. The molecule has 1 aromatic carbocycles. The molecule has 0 radical (unpaired) electrons. The SMILES string of the molecule is O=C(Nc1ccccc1C(F)(F)F)N[C@@H]1CCN(C2CC2)C1. The number of nitrogens with zero attached hydrogens (tertiary/aromatic N) is 1. The minimum absolute atomic E-state index is 0.00125. The number of halogens is 3. The Morgan fingerprint density at radius 3 is 2.59 bits per heavy atom. The highest BCUT2D eigenvalue weighted by molar-refractivity contribution is 5.90. The molecule has 1 aliphatic heterocycles. The van der Waals surface area contributed by atoms with Gasteiger partial charge in [-0.3, -0.25) is 4.90 Å². The van der Waals surface area contributed by atoms with Gasteiger partial charge in [-0.1, -0.05) is 12.1 Å². The number of alkyl halides is 3. The van der Waals surface area contributed by atoms with E-state index < -0.39 is 17.8 Å². The number of benzene rings is 1. The molecule has 0 spiro atoms. The van der Waals surface area contributed by atoms with Crippen LogP contribution in [0.4, 0.5) is 23.7 Å². The number of carbonyl (C=O) groups is 1. The van der Waals surface area contributed by atoms with Crippen molar-refractivity contribution in [3.8, 4) is 0 Å². The third-order valence-corrected chi connectivity index (χ3v) is 4.10. The largest absolute Gasteiger partial charge is 0.418 e. The van der Waals surface area contributed by atoms with Gasteiger partial charge in [0.05, 0.1) is 11.3 Å². The molecule has 7 heteroatoms. The number of anilines is 1. The van der Waals surface area contributed by atoms with E-state index in [1.54, 1.807) is 0 Å². The predicted octanol–water partition coefficient (Wildman–Crippen LogP) is 3.06. The lowest BCUT2D eigenvalue weighted by Gasteiger charge is -2.17. The molecule has 22 heavy (non-hydrogen) atoms. The van der Waals surface area contributed by atoms with E-state index in [9.17, 15) is 18.0 Å². The topological polar surface area (TPSA) is 44.4 Å². The standard InChI is InChI=1S/C15H18F3N3O/c16-15(17,18)12-3-1-2-4-13(12)20-14(22)19-10-7-8-21(9-10)11-5-6-11/h1-4,10-11H,5-9H2,(H2,19,20,22)/t10-/m1/s1. The van der Waals surface area contributed by atoms with Crippen LogP contribution in [0.2, 0.25) is 0 Å². The third-order valence-electron chi connectivity index (χ3n) is 4.10. The molecule has 1 atom stereocenters. The number of carbonyl (C=O) groups excluding carboxylic acids is 1. The summed E-state index contributed by atoms with van der Waals surface area (Å²) in [5.41, 5.74) is -1.05. The summed E-state index contributed by atoms with van der Waals surface area (Å²) in [6.45, 7) is 1.72. The number of urea groups is 1. The van der Waals surface area contributed by atoms with E-state index in [0.717, 1.165) is 25.6 Å². The molecule has 120 valence electrons. The van der Waals surface area contributed by atoms with Gasteiger partial charge in [0.15, 0.2) is 0 Å². The summed E-state index contributed by atoms with van der Waals surface area (Å²) in [5, 5.41) is 5.07. The molecule has 4 nitrogen and oxygen atoms in total. The average Bonchev–Trinajstić information content (AvgIpc) is 3.19. The van der Waals surface area contributed by atoms with Crippen molar-refractivity contribution in [1.29, 1.82) is 0 Å². The fourth-order valence-electron chi connectivity index (χ4n) is 2.86. The molecule has 0 bridgehead atoms. The highest BCUT2D eigenvalue weighted by Gasteiger charge is 2.36. The van der Waals surface area contributed by atoms with E-state index in [-0.39, 0.29) is 11.7 Å². The van der Waals surface area contributed by atoms with Gasteiger partial charge in [0.1, 0.15) is 0 Å². The van der Waals surface area contributed by atoms with Crippen molar-refractivity contribution in [2.75, 3.05) is 18.4 Å². The highest BCUT2D eigenvalue weighted by Crippen LogP contribution is 2.34. The third kappa shape index (κ3) is 3.52. The van der Waals surface area contributed by atoms with E-state index in [1.807, 2.05) is 0 Å². The molecule has 1 saturated carbocycles. The van der Waals surface area contributed by atoms with E-state index in [4.69, 9.17) is 0 Å². The van der Waals surface area contributed by atoms with Gasteiger partial charge < -0.3 is 10.6 Å². The van der Waals surface area contributed by atoms with Gasteiger partial charge in [0, 0.05) is 25.2 Å². The van der Waals surface area contributed by atoms with Gasteiger partial charge in [-0.2, -0.15) is 13.2 Å². The Labute approximate surface area is 126 Å². The highest BCUT2D eigenvalue weighted by atomic mass is 19.4. The van der Waals surface area contributed by atoms with Gasteiger partial charge in [0.25, 0.3) is 0 Å². The maximum atomic E-state index is 12.9. The summed E-state index contributed by atoms with van der Waals surface area (Å²) in [4.78, 5) is 14.3. The first kappa shape index (κ1) is 15.1. The normalized spacial score (nSPS) is 22.6. The van der Waals surface area contributed by atoms with Gasteiger partial charge >= 0.3 is 12.2 Å². The number of hydrogen-bond donors (Lipinski definition) is 2. The van der Waals surface area contributed by atoms with Crippen LogP contribution < -0.4 is 10.6 Å². The summed E-state index contributed by atoms with van der Waals surface area (Å²) >= 11 is 0. The second kappa shape index (κ2) is 5.79. The zero-order valence-electron chi connectivity index (χ0n) is 12.0. The Kier molecular flexibility index (Phi) is 3.99. The smallest absolute Gasteiger partial charge is 0.334 e. The monoisotopic (exact) mass is 313 g/mol. The molecule has 1 heterocycles. The minimum atomic E-state index is -4.49. The lowest BCUT2D eigenvalue weighted by Crippen LogP contribution is -2.40. The van der Waals surface area contributed by atoms with Gasteiger partial charge in [-0.25, -0.2) is 4.79 Å². The van der Waals surface area contributed by atoms with Crippen LogP contribution in [0.25, 0.3) is 0 Å². The van der Waals surface area contributed by atoms with Crippen LogP contribution in [-0.4, -0.2) is 36.1 Å². The van der Waals surface area contributed by atoms with Crippen molar-refractivity contribution < 1.29 is 18.0 Å². The van der Waals surface area contributed by atoms with Gasteiger partial charge in [-0.15, -0.1) is 0 Å². The Morgan fingerprint density at radius 1 is 1.18 bits per heavy atom. The Balaban J connectivity index is 1.58. The second-order valence-electron chi connectivity index (χ2n) is 5.85. The summed E-state index contributed by atoms with van der Waals surface area (Å²) in [6.07, 6.45) is -1.24. The summed E-state index contributed by atoms with van der Waals surface area (Å²) in [6, 6.07) is 5.04. The van der Waals surface area contributed by atoms with E-state index in [1.165, 1.54) is 31.0 Å². The van der Waals surface area contributed by atoms with E-state index in [0.29, 0.717) is 6.04 Å². The quantitative estimate of drug-likeness (QED) is 0.901. The molecule has 1 aromatic rings. The lowest BCUT2D eigenvalue weighted by molar-refractivity contribution is -0.136. The first-order valence-corrected chi connectivity index (χ1v) is 7.41. The van der Waals surface area contributed by atoms with E-state index >= 15 is 0 Å². The molecule has 2 N–H and O–H groups in total. The van der Waals surface area contributed by atoms with Crippen LogP contribution in [0.3, 0.4) is 0 Å². The van der Waals surface area contributed by atoms with Crippen molar-refractivity contribution in [3.05, 3.63) is 29.8 Å². The number of para-hydroxylation sites is 1. The van der Waals surface area contributed by atoms with E-state index in [2.05, 4.69) is 15.5 Å². The molecule has 0 aromatic heterocycles. The number of likely N-dealkylation sites (tertiary alicyclic amines) is 1. The minimum Gasteiger partial charge on any atom is -0.334 e. The number of amides is 2. The van der Waals surface area contributed by atoms with Crippen molar-refractivity contribution in [3.63, 3.8) is 0 Å². The fourth-order valence-corrected chi connectivity index (χ4v) is 2.86. The molecular weight excluding hydrogens is 295 g/mol. The molecule has 1 saturated heterocycles. The molecule has 2 fully saturated rings. The molecule has 1 aliphatic carbocycles. The van der Waals surface area contributed by atoms with Gasteiger partial charge in [-0.05, 0) is 31.4 Å². The van der Waals surface area contributed by atoms with Crippen LogP contribution in [-0.2, 0) is 6.18 Å². The van der Waals surface area contributed by atoms with Crippen molar-refractivity contribution in [2.45, 2.75) is 37.5 Å². The maximum Gasteiger partial charge on any atom is 0.418 e. The molecule has 0 unspecified atom stereocenters. The predicted molar refractivity (Wildman–Crippen MR) is 76.6 cm³/mol. The van der Waals surface area contributed by atoms with Crippen LogP contribution in [0, 0.1) is 0 Å². The average molecular weight is 313 g/mol. The van der Waals surface area contributed by atoms with Crippen LogP contribution in [0.1, 0.15) is 24.8 Å². The number of rotatable bonds is 3. The molecular formula is C15H18F3N3O. The first-order chi connectivity index (χ1) is 10.4. The number of nitrogens with one attached hydrogen (secondary N) is 2. The zero-order chi connectivity index (χ0) is 15.7. The number of hydrogen-bond acceptors (Lipinski definition) is 2. The van der Waals surface area contributed by atoms with Crippen molar-refractivity contribution >= 4 is 11.7 Å². The lowest BCUT2D eigenvalue weighted by atomic mass is 10.1. The van der Waals surface area contributed by atoms with Crippen LogP contribution in [0.15, 0.2) is 24.3 Å². The first-order valence-electron chi connectivity index (χ1n) is 7.41. The Bertz CT molecular complexity index is 557. The van der Waals surface area contributed by atoms with Crippen LogP contribution in [0.5, 0.6) is 0 Å². The maximum absolute atomic E-state index is 12.9. The Morgan fingerprint density at radius 2 is 1.91 bits per heavy atom. The van der Waals surface area contributed by atoms with Crippen LogP contribution >= 0.6 is 0 Å². The Hall–Kier alpha value is -1.76. The second-order valence-corrected chi connectivity index (χ2v) is 5.85. The fraction of sp³-hybridized carbons (Fsp3) is 0.533. The zero-order valence-corrected chi connectivity index (χ0v) is 12.0. The molecule has 2 aliphatic rings. The van der Waals surface area contributed by atoms with Gasteiger partial charge in [0.2, 0.25) is 0 Å². The van der Waals surface area contributed by atoms with Crippen molar-refractivity contribution in [1.82, 2.24) is 10.2 Å². The molecule has 2 amide bonds.